The van der Waals surface area contributed by atoms with E-state index in [1.165, 1.54) is 12.4 Å². The van der Waals surface area contributed by atoms with Crippen LogP contribution in [0, 0.1) is 0 Å². The third-order valence-electron chi connectivity index (χ3n) is 4.25. The standard InChI is InChI=1S/C17H19F3N4O/c1-25-16-10-15(21-12-22-16)24-8-6-23(7-9-24)11-13-4-2-3-5-14(13)17(18,19)20/h2-5,10,12H,6-9,11H2,1H3. The molecule has 8 heteroatoms. The summed E-state index contributed by atoms with van der Waals surface area (Å²) < 4.78 is 44.4. The van der Waals surface area contributed by atoms with E-state index in [0.29, 0.717) is 37.6 Å². The zero-order chi connectivity index (χ0) is 17.9. The number of methoxy groups -OCH3 is 1. The lowest BCUT2D eigenvalue weighted by Gasteiger charge is -2.35. The molecule has 1 aliphatic rings. The lowest BCUT2D eigenvalue weighted by Crippen LogP contribution is -2.46. The molecule has 3 rings (SSSR count). The summed E-state index contributed by atoms with van der Waals surface area (Å²) in [6.07, 6.45) is -2.88. The number of piperazine rings is 1. The minimum absolute atomic E-state index is 0.288. The SMILES string of the molecule is COc1cc(N2CCN(Cc3ccccc3C(F)(F)F)CC2)ncn1. The van der Waals surface area contributed by atoms with Crippen molar-refractivity contribution in [3.05, 3.63) is 47.8 Å². The minimum atomic E-state index is -4.32. The molecule has 25 heavy (non-hydrogen) atoms. The molecule has 1 fully saturated rings. The molecule has 2 aromatic rings. The molecule has 1 aromatic carbocycles. The molecule has 2 heterocycles. The molecule has 5 nitrogen and oxygen atoms in total. The summed E-state index contributed by atoms with van der Waals surface area (Å²) >= 11 is 0. The topological polar surface area (TPSA) is 41.5 Å². The number of benzene rings is 1. The van der Waals surface area contributed by atoms with Gasteiger partial charge in [-0.1, -0.05) is 18.2 Å². The highest BCUT2D eigenvalue weighted by molar-refractivity contribution is 5.41. The third-order valence-corrected chi connectivity index (χ3v) is 4.25. The van der Waals surface area contributed by atoms with Crippen LogP contribution in [-0.2, 0) is 12.7 Å². The van der Waals surface area contributed by atoms with Gasteiger partial charge in [-0.05, 0) is 11.6 Å². The van der Waals surface area contributed by atoms with Crippen LogP contribution in [0.15, 0.2) is 36.7 Å². The second-order valence-corrected chi connectivity index (χ2v) is 5.84. The lowest BCUT2D eigenvalue weighted by atomic mass is 10.1. The van der Waals surface area contributed by atoms with Crippen molar-refractivity contribution < 1.29 is 17.9 Å². The maximum absolute atomic E-state index is 13.1. The first kappa shape index (κ1) is 17.5. The summed E-state index contributed by atoms with van der Waals surface area (Å²) in [6.45, 7) is 3.00. The predicted octanol–water partition coefficient (Wildman–Crippen LogP) is 2.83. The Kier molecular flexibility index (Phi) is 5.08. The van der Waals surface area contributed by atoms with E-state index in [-0.39, 0.29) is 6.54 Å². The Morgan fingerprint density at radius 3 is 2.48 bits per heavy atom. The van der Waals surface area contributed by atoms with Crippen LogP contribution in [-0.4, -0.2) is 48.2 Å². The third kappa shape index (κ3) is 4.19. The van der Waals surface area contributed by atoms with Gasteiger partial charge in [0.2, 0.25) is 5.88 Å². The van der Waals surface area contributed by atoms with Crippen LogP contribution in [0.4, 0.5) is 19.0 Å². The van der Waals surface area contributed by atoms with Gasteiger partial charge in [-0.3, -0.25) is 4.90 Å². The van der Waals surface area contributed by atoms with Gasteiger partial charge in [-0.2, -0.15) is 13.2 Å². The number of ether oxygens (including phenoxy) is 1. The predicted molar refractivity (Wildman–Crippen MR) is 87.5 cm³/mol. The normalized spacial score (nSPS) is 16.1. The van der Waals surface area contributed by atoms with Gasteiger partial charge >= 0.3 is 6.18 Å². The number of rotatable bonds is 4. The van der Waals surface area contributed by atoms with E-state index >= 15 is 0 Å². The first-order valence-electron chi connectivity index (χ1n) is 7.96. The van der Waals surface area contributed by atoms with Crippen molar-refractivity contribution in [2.75, 3.05) is 38.2 Å². The molecule has 0 N–H and O–H groups in total. The Morgan fingerprint density at radius 2 is 1.80 bits per heavy atom. The zero-order valence-corrected chi connectivity index (χ0v) is 13.8. The molecule has 1 saturated heterocycles. The number of hydrogen-bond donors (Lipinski definition) is 0. The van der Waals surface area contributed by atoms with Crippen molar-refractivity contribution in [3.63, 3.8) is 0 Å². The van der Waals surface area contributed by atoms with Crippen LogP contribution < -0.4 is 9.64 Å². The number of nitrogens with zero attached hydrogens (tertiary/aromatic N) is 4. The van der Waals surface area contributed by atoms with Gasteiger partial charge in [-0.25, -0.2) is 9.97 Å². The summed E-state index contributed by atoms with van der Waals surface area (Å²) in [5.41, 5.74) is -0.245. The van der Waals surface area contributed by atoms with Crippen molar-refractivity contribution in [2.24, 2.45) is 0 Å². The van der Waals surface area contributed by atoms with Gasteiger partial charge in [0.15, 0.2) is 0 Å². The fourth-order valence-corrected chi connectivity index (χ4v) is 2.93. The Balaban J connectivity index is 1.64. The van der Waals surface area contributed by atoms with E-state index in [9.17, 15) is 13.2 Å². The van der Waals surface area contributed by atoms with Crippen LogP contribution in [0.2, 0.25) is 0 Å². The maximum atomic E-state index is 13.1. The molecular formula is C17H19F3N4O. The van der Waals surface area contributed by atoms with Gasteiger partial charge < -0.3 is 9.64 Å². The van der Waals surface area contributed by atoms with E-state index in [1.54, 1.807) is 25.3 Å². The van der Waals surface area contributed by atoms with Crippen molar-refractivity contribution in [1.29, 1.82) is 0 Å². The van der Waals surface area contributed by atoms with Crippen LogP contribution in [0.1, 0.15) is 11.1 Å². The first-order chi connectivity index (χ1) is 12.0. The van der Waals surface area contributed by atoms with Crippen molar-refractivity contribution in [2.45, 2.75) is 12.7 Å². The first-order valence-corrected chi connectivity index (χ1v) is 7.96. The molecule has 0 aliphatic carbocycles. The largest absolute Gasteiger partial charge is 0.481 e. The Bertz CT molecular complexity index is 715. The average molecular weight is 352 g/mol. The van der Waals surface area contributed by atoms with Crippen LogP contribution in [0.3, 0.4) is 0 Å². The van der Waals surface area contributed by atoms with E-state index in [4.69, 9.17) is 4.74 Å². The smallest absolute Gasteiger partial charge is 0.416 e. The number of hydrogen-bond acceptors (Lipinski definition) is 5. The Labute approximate surface area is 144 Å². The van der Waals surface area contributed by atoms with Crippen LogP contribution >= 0.6 is 0 Å². The zero-order valence-electron chi connectivity index (χ0n) is 13.8. The highest BCUT2D eigenvalue weighted by Gasteiger charge is 2.33. The molecule has 0 saturated carbocycles. The molecule has 1 aliphatic heterocycles. The van der Waals surface area contributed by atoms with E-state index in [1.807, 2.05) is 4.90 Å². The second-order valence-electron chi connectivity index (χ2n) is 5.84. The van der Waals surface area contributed by atoms with Crippen molar-refractivity contribution in [1.82, 2.24) is 14.9 Å². The number of halogens is 3. The molecule has 0 unspecified atom stereocenters. The van der Waals surface area contributed by atoms with Gasteiger partial charge in [0, 0.05) is 38.8 Å². The summed E-state index contributed by atoms with van der Waals surface area (Å²) in [6, 6.07) is 7.51. The summed E-state index contributed by atoms with van der Waals surface area (Å²) in [7, 11) is 1.54. The summed E-state index contributed by atoms with van der Waals surface area (Å²) in [5, 5.41) is 0. The van der Waals surface area contributed by atoms with E-state index in [2.05, 4.69) is 14.9 Å². The fraction of sp³-hybridized carbons (Fsp3) is 0.412. The summed E-state index contributed by atoms with van der Waals surface area (Å²) in [5.74, 6) is 1.26. The maximum Gasteiger partial charge on any atom is 0.416 e. The molecular weight excluding hydrogens is 333 g/mol. The van der Waals surface area contributed by atoms with Gasteiger partial charge in [0.25, 0.3) is 0 Å². The molecule has 134 valence electrons. The molecule has 0 amide bonds. The van der Waals surface area contributed by atoms with Crippen molar-refractivity contribution in [3.8, 4) is 5.88 Å². The Morgan fingerprint density at radius 1 is 1.08 bits per heavy atom. The van der Waals surface area contributed by atoms with Gasteiger partial charge in [0.05, 0.1) is 12.7 Å². The molecule has 0 radical (unpaired) electrons. The average Bonchev–Trinajstić information content (AvgIpc) is 2.62. The molecule has 0 bridgehead atoms. The lowest BCUT2D eigenvalue weighted by molar-refractivity contribution is -0.138. The molecule has 0 spiro atoms. The van der Waals surface area contributed by atoms with Crippen LogP contribution in [0.25, 0.3) is 0 Å². The van der Waals surface area contributed by atoms with Gasteiger partial charge in [0.1, 0.15) is 12.1 Å². The monoisotopic (exact) mass is 352 g/mol. The van der Waals surface area contributed by atoms with Crippen molar-refractivity contribution >= 4 is 5.82 Å². The van der Waals surface area contributed by atoms with Gasteiger partial charge in [-0.15, -0.1) is 0 Å². The quantitative estimate of drug-likeness (QED) is 0.846. The van der Waals surface area contributed by atoms with Crippen LogP contribution in [0.5, 0.6) is 5.88 Å². The summed E-state index contributed by atoms with van der Waals surface area (Å²) in [4.78, 5) is 12.3. The molecule has 0 atom stereocenters. The molecule has 1 aromatic heterocycles. The number of alkyl halides is 3. The second kappa shape index (κ2) is 7.26. The highest BCUT2D eigenvalue weighted by atomic mass is 19.4. The van der Waals surface area contributed by atoms with E-state index < -0.39 is 11.7 Å². The minimum Gasteiger partial charge on any atom is -0.481 e. The van der Waals surface area contributed by atoms with E-state index in [0.717, 1.165) is 11.9 Å². The number of aromatic nitrogens is 2. The fourth-order valence-electron chi connectivity index (χ4n) is 2.93. The number of anilines is 1. The highest BCUT2D eigenvalue weighted by Crippen LogP contribution is 2.32. The Hall–Kier alpha value is -2.35.